The van der Waals surface area contributed by atoms with Crippen molar-refractivity contribution in [1.29, 1.82) is 0 Å². The largest absolute Gasteiger partial charge is 0.493 e. The van der Waals surface area contributed by atoms with Crippen LogP contribution in [0.5, 0.6) is 5.75 Å². The van der Waals surface area contributed by atoms with Crippen molar-refractivity contribution in [1.82, 2.24) is 4.98 Å². The van der Waals surface area contributed by atoms with Gasteiger partial charge in [-0.3, -0.25) is 4.79 Å². The van der Waals surface area contributed by atoms with Gasteiger partial charge in [-0.15, -0.1) is 0 Å². The van der Waals surface area contributed by atoms with Crippen molar-refractivity contribution < 1.29 is 9.53 Å². The fourth-order valence-electron chi connectivity index (χ4n) is 2.18. The van der Waals surface area contributed by atoms with Crippen LogP contribution in [0, 0.1) is 0 Å². The predicted octanol–water partition coefficient (Wildman–Crippen LogP) is 2.31. The molecule has 15 heavy (non-hydrogen) atoms. The van der Waals surface area contributed by atoms with Crippen LogP contribution < -0.4 is 4.74 Å². The average molecular weight is 201 g/mol. The standard InChI is InChI=1S/C12H11NO2/c1-7(14)10-6-13-12-8(10)2-3-11-9(12)4-5-15-11/h2-3,6,13H,4-5H2,1H3. The minimum atomic E-state index is 0.0973. The molecule has 1 aliphatic rings. The number of hydrogen-bond donors (Lipinski definition) is 1. The summed E-state index contributed by atoms with van der Waals surface area (Å²) in [6, 6.07) is 3.90. The first-order valence-electron chi connectivity index (χ1n) is 5.04. The van der Waals surface area contributed by atoms with Crippen LogP contribution in [0.1, 0.15) is 22.8 Å². The molecule has 76 valence electrons. The lowest BCUT2D eigenvalue weighted by Gasteiger charge is -2.00. The molecule has 2 aromatic rings. The van der Waals surface area contributed by atoms with Crippen LogP contribution in [0.3, 0.4) is 0 Å². The molecule has 3 heteroatoms. The van der Waals surface area contributed by atoms with Crippen molar-refractivity contribution in [2.75, 3.05) is 6.61 Å². The Morgan fingerprint density at radius 2 is 2.33 bits per heavy atom. The van der Waals surface area contributed by atoms with Crippen LogP contribution in [-0.2, 0) is 6.42 Å². The van der Waals surface area contributed by atoms with Gasteiger partial charge in [0.05, 0.1) is 12.1 Å². The lowest BCUT2D eigenvalue weighted by atomic mass is 10.1. The number of benzene rings is 1. The molecule has 1 aromatic carbocycles. The van der Waals surface area contributed by atoms with Gasteiger partial charge in [0.15, 0.2) is 5.78 Å². The Hall–Kier alpha value is -1.77. The van der Waals surface area contributed by atoms with Gasteiger partial charge in [-0.1, -0.05) is 0 Å². The zero-order chi connectivity index (χ0) is 10.4. The summed E-state index contributed by atoms with van der Waals surface area (Å²) in [5.74, 6) is 1.04. The maximum absolute atomic E-state index is 11.4. The molecule has 0 unspecified atom stereocenters. The molecule has 0 spiro atoms. The summed E-state index contributed by atoms with van der Waals surface area (Å²) >= 11 is 0. The van der Waals surface area contributed by atoms with E-state index in [2.05, 4.69) is 4.98 Å². The highest BCUT2D eigenvalue weighted by molar-refractivity contribution is 6.07. The Kier molecular flexibility index (Phi) is 1.63. The van der Waals surface area contributed by atoms with Gasteiger partial charge < -0.3 is 9.72 Å². The quantitative estimate of drug-likeness (QED) is 0.719. The fraction of sp³-hybridized carbons (Fsp3) is 0.250. The second-order valence-corrected chi connectivity index (χ2v) is 3.82. The first kappa shape index (κ1) is 8.53. The molecule has 3 rings (SSSR count). The third kappa shape index (κ3) is 1.09. The molecule has 3 nitrogen and oxygen atoms in total. The third-order valence-corrected chi connectivity index (χ3v) is 2.91. The number of Topliss-reactive ketones (excluding diaryl/α,β-unsaturated/α-hetero) is 1. The molecular weight excluding hydrogens is 190 g/mol. The summed E-state index contributed by atoms with van der Waals surface area (Å²) in [6.45, 7) is 2.33. The van der Waals surface area contributed by atoms with E-state index in [4.69, 9.17) is 4.74 Å². The SMILES string of the molecule is CC(=O)c1c[nH]c2c3c(ccc12)OCC3. The predicted molar refractivity (Wildman–Crippen MR) is 57.5 cm³/mol. The maximum atomic E-state index is 11.4. The molecule has 1 N–H and O–H groups in total. The van der Waals surface area contributed by atoms with Gasteiger partial charge in [0.1, 0.15) is 5.75 Å². The number of H-pyrrole nitrogens is 1. The van der Waals surface area contributed by atoms with Gasteiger partial charge in [0, 0.05) is 29.1 Å². The number of aromatic amines is 1. The van der Waals surface area contributed by atoms with Gasteiger partial charge >= 0.3 is 0 Å². The van der Waals surface area contributed by atoms with E-state index in [-0.39, 0.29) is 5.78 Å². The van der Waals surface area contributed by atoms with Crippen molar-refractivity contribution in [3.63, 3.8) is 0 Å². The number of carbonyl (C=O) groups excluding carboxylic acids is 1. The highest BCUT2D eigenvalue weighted by atomic mass is 16.5. The summed E-state index contributed by atoms with van der Waals surface area (Å²) in [4.78, 5) is 14.5. The van der Waals surface area contributed by atoms with Crippen molar-refractivity contribution in [3.8, 4) is 5.75 Å². The second kappa shape index (κ2) is 2.86. The summed E-state index contributed by atoms with van der Waals surface area (Å²) < 4.78 is 5.47. The molecule has 1 aromatic heterocycles. The molecule has 0 saturated heterocycles. The number of hydrogen-bond acceptors (Lipinski definition) is 2. The number of nitrogens with one attached hydrogen (secondary N) is 1. The molecule has 1 aliphatic heterocycles. The maximum Gasteiger partial charge on any atom is 0.161 e. The minimum Gasteiger partial charge on any atom is -0.493 e. The van der Waals surface area contributed by atoms with Gasteiger partial charge in [0.25, 0.3) is 0 Å². The highest BCUT2D eigenvalue weighted by Crippen LogP contribution is 2.33. The lowest BCUT2D eigenvalue weighted by Crippen LogP contribution is -1.88. The second-order valence-electron chi connectivity index (χ2n) is 3.82. The van der Waals surface area contributed by atoms with Crippen molar-refractivity contribution in [3.05, 3.63) is 29.5 Å². The van der Waals surface area contributed by atoms with Gasteiger partial charge in [-0.05, 0) is 19.1 Å². The van der Waals surface area contributed by atoms with E-state index >= 15 is 0 Å². The first-order valence-corrected chi connectivity index (χ1v) is 5.04. The van der Waals surface area contributed by atoms with E-state index in [0.29, 0.717) is 0 Å². The Labute approximate surface area is 87.1 Å². The van der Waals surface area contributed by atoms with Crippen LogP contribution in [0.2, 0.25) is 0 Å². The monoisotopic (exact) mass is 201 g/mol. The topological polar surface area (TPSA) is 42.1 Å². The van der Waals surface area contributed by atoms with E-state index in [1.54, 1.807) is 13.1 Å². The van der Waals surface area contributed by atoms with E-state index in [1.807, 2.05) is 12.1 Å². The minimum absolute atomic E-state index is 0.0973. The summed E-state index contributed by atoms with van der Waals surface area (Å²) in [7, 11) is 0. The molecule has 0 radical (unpaired) electrons. The number of rotatable bonds is 1. The van der Waals surface area contributed by atoms with E-state index < -0.39 is 0 Å². The molecule has 0 saturated carbocycles. The van der Waals surface area contributed by atoms with Crippen LogP contribution in [0.15, 0.2) is 18.3 Å². The van der Waals surface area contributed by atoms with Gasteiger partial charge in [0.2, 0.25) is 0 Å². The number of aromatic nitrogens is 1. The molecule has 0 amide bonds. The Bertz CT molecular complexity index is 554. The summed E-state index contributed by atoms with van der Waals surface area (Å²) in [6.07, 6.45) is 2.70. The van der Waals surface area contributed by atoms with E-state index in [1.165, 1.54) is 5.56 Å². The van der Waals surface area contributed by atoms with Crippen LogP contribution in [0.25, 0.3) is 10.9 Å². The third-order valence-electron chi connectivity index (χ3n) is 2.91. The van der Waals surface area contributed by atoms with E-state index in [9.17, 15) is 4.79 Å². The number of ether oxygens (including phenoxy) is 1. The normalized spacial score (nSPS) is 13.9. The smallest absolute Gasteiger partial charge is 0.161 e. The van der Waals surface area contributed by atoms with Crippen molar-refractivity contribution in [2.45, 2.75) is 13.3 Å². The van der Waals surface area contributed by atoms with Gasteiger partial charge in [-0.25, -0.2) is 0 Å². The number of fused-ring (bicyclic) bond motifs is 3. The van der Waals surface area contributed by atoms with Crippen LogP contribution >= 0.6 is 0 Å². The molecular formula is C12H11NO2. The molecule has 0 bridgehead atoms. The summed E-state index contributed by atoms with van der Waals surface area (Å²) in [5.41, 5.74) is 3.01. The zero-order valence-corrected chi connectivity index (χ0v) is 8.46. The number of carbonyl (C=O) groups is 1. The molecule has 2 heterocycles. The lowest BCUT2D eigenvalue weighted by molar-refractivity contribution is 0.101. The number of ketones is 1. The fourth-order valence-corrected chi connectivity index (χ4v) is 2.18. The highest BCUT2D eigenvalue weighted by Gasteiger charge is 2.18. The van der Waals surface area contributed by atoms with Crippen molar-refractivity contribution in [2.24, 2.45) is 0 Å². The first-order chi connectivity index (χ1) is 7.27. The Morgan fingerprint density at radius 3 is 3.13 bits per heavy atom. The Balaban J connectivity index is 2.35. The van der Waals surface area contributed by atoms with Crippen LogP contribution in [0.4, 0.5) is 0 Å². The van der Waals surface area contributed by atoms with Crippen molar-refractivity contribution >= 4 is 16.7 Å². The van der Waals surface area contributed by atoms with Gasteiger partial charge in [-0.2, -0.15) is 0 Å². The Morgan fingerprint density at radius 1 is 1.47 bits per heavy atom. The van der Waals surface area contributed by atoms with Crippen LogP contribution in [-0.4, -0.2) is 17.4 Å². The van der Waals surface area contributed by atoms with E-state index in [0.717, 1.165) is 35.2 Å². The summed E-state index contributed by atoms with van der Waals surface area (Å²) in [5, 5.41) is 1.01. The molecule has 0 fully saturated rings. The molecule has 0 aliphatic carbocycles. The average Bonchev–Trinajstić information content (AvgIpc) is 2.82. The molecule has 0 atom stereocenters. The zero-order valence-electron chi connectivity index (χ0n) is 8.46.